The Morgan fingerprint density at radius 3 is 2.53 bits per heavy atom. The molecule has 1 aromatic heterocycles. The highest BCUT2D eigenvalue weighted by Crippen LogP contribution is 2.23. The van der Waals surface area contributed by atoms with E-state index in [9.17, 15) is 4.79 Å². The summed E-state index contributed by atoms with van der Waals surface area (Å²) in [6, 6.07) is 5.88. The fraction of sp³-hybridized carbons (Fsp3) is 0.286. The molecule has 0 unspecified atom stereocenters. The van der Waals surface area contributed by atoms with Gasteiger partial charge in [0, 0.05) is 11.1 Å². The maximum absolute atomic E-state index is 11.7. The van der Waals surface area contributed by atoms with E-state index in [4.69, 9.17) is 4.74 Å². The SMILES string of the molecule is COC(=O)c1cc(C)cc2c(C)cc(C)nc12. The molecule has 0 saturated heterocycles. The largest absolute Gasteiger partial charge is 0.465 e. The number of ether oxygens (including phenoxy) is 1. The maximum atomic E-state index is 11.7. The highest BCUT2D eigenvalue weighted by atomic mass is 16.5. The Balaban J connectivity index is 2.87. The third-order valence-electron chi connectivity index (χ3n) is 2.80. The van der Waals surface area contributed by atoms with Crippen LogP contribution in [0.5, 0.6) is 0 Å². The number of carbonyl (C=O) groups is 1. The van der Waals surface area contributed by atoms with E-state index >= 15 is 0 Å². The second-order valence-corrected chi connectivity index (χ2v) is 4.28. The van der Waals surface area contributed by atoms with Crippen molar-refractivity contribution in [3.63, 3.8) is 0 Å². The Bertz CT molecular complexity index is 603. The van der Waals surface area contributed by atoms with Gasteiger partial charge in [-0.1, -0.05) is 0 Å². The molecule has 1 heterocycles. The highest BCUT2D eigenvalue weighted by Gasteiger charge is 2.14. The van der Waals surface area contributed by atoms with Crippen LogP contribution in [0.1, 0.15) is 27.2 Å². The molecule has 0 atom stereocenters. The van der Waals surface area contributed by atoms with Gasteiger partial charge >= 0.3 is 5.97 Å². The normalized spacial score (nSPS) is 10.6. The van der Waals surface area contributed by atoms with Crippen LogP contribution < -0.4 is 0 Å². The molecule has 17 heavy (non-hydrogen) atoms. The van der Waals surface area contributed by atoms with Gasteiger partial charge in [0.05, 0.1) is 18.2 Å². The number of aryl methyl sites for hydroxylation is 3. The number of hydrogen-bond acceptors (Lipinski definition) is 3. The number of aromatic nitrogens is 1. The number of benzene rings is 1. The molecule has 0 fully saturated rings. The number of esters is 1. The summed E-state index contributed by atoms with van der Waals surface area (Å²) in [5.74, 6) is -0.337. The van der Waals surface area contributed by atoms with Crippen molar-refractivity contribution in [2.75, 3.05) is 7.11 Å². The van der Waals surface area contributed by atoms with Gasteiger partial charge in [0.2, 0.25) is 0 Å². The van der Waals surface area contributed by atoms with Gasteiger partial charge in [-0.3, -0.25) is 4.98 Å². The molecule has 0 N–H and O–H groups in total. The first-order valence-corrected chi connectivity index (χ1v) is 5.50. The quantitative estimate of drug-likeness (QED) is 0.706. The van der Waals surface area contributed by atoms with Crippen molar-refractivity contribution in [1.29, 1.82) is 0 Å². The number of carbonyl (C=O) groups excluding carboxylic acids is 1. The van der Waals surface area contributed by atoms with Gasteiger partial charge in [0.15, 0.2) is 0 Å². The van der Waals surface area contributed by atoms with Crippen LogP contribution >= 0.6 is 0 Å². The van der Waals surface area contributed by atoms with Crippen molar-refractivity contribution >= 4 is 16.9 Å². The van der Waals surface area contributed by atoms with Crippen LogP contribution in [-0.4, -0.2) is 18.1 Å². The molecular weight excluding hydrogens is 214 g/mol. The van der Waals surface area contributed by atoms with E-state index < -0.39 is 0 Å². The number of rotatable bonds is 1. The lowest BCUT2D eigenvalue weighted by Crippen LogP contribution is -2.04. The minimum absolute atomic E-state index is 0.337. The van der Waals surface area contributed by atoms with Crippen molar-refractivity contribution in [1.82, 2.24) is 4.98 Å². The molecule has 0 aliphatic carbocycles. The molecule has 2 aromatic rings. The molecule has 88 valence electrons. The molecule has 0 bridgehead atoms. The Morgan fingerprint density at radius 2 is 1.88 bits per heavy atom. The van der Waals surface area contributed by atoms with Crippen LogP contribution in [-0.2, 0) is 4.74 Å². The molecule has 3 nitrogen and oxygen atoms in total. The number of hydrogen-bond donors (Lipinski definition) is 0. The molecular formula is C14H15NO2. The molecule has 3 heteroatoms. The Labute approximate surface area is 100 Å². The molecule has 2 rings (SSSR count). The summed E-state index contributed by atoms with van der Waals surface area (Å²) in [5, 5.41) is 1.01. The lowest BCUT2D eigenvalue weighted by atomic mass is 10.0. The van der Waals surface area contributed by atoms with Crippen molar-refractivity contribution in [2.24, 2.45) is 0 Å². The predicted molar refractivity (Wildman–Crippen MR) is 67.3 cm³/mol. The van der Waals surface area contributed by atoms with Crippen LogP contribution in [0.2, 0.25) is 0 Å². The van der Waals surface area contributed by atoms with Crippen molar-refractivity contribution < 1.29 is 9.53 Å². The van der Waals surface area contributed by atoms with Gasteiger partial charge in [-0.05, 0) is 50.1 Å². The summed E-state index contributed by atoms with van der Waals surface area (Å²) in [7, 11) is 1.39. The Kier molecular flexibility index (Phi) is 2.84. The van der Waals surface area contributed by atoms with Crippen LogP contribution in [0.25, 0.3) is 10.9 Å². The molecule has 0 radical (unpaired) electrons. The fourth-order valence-electron chi connectivity index (χ4n) is 2.07. The third kappa shape index (κ3) is 2.00. The van der Waals surface area contributed by atoms with Gasteiger partial charge in [-0.25, -0.2) is 4.79 Å². The minimum Gasteiger partial charge on any atom is -0.465 e. The van der Waals surface area contributed by atoms with Gasteiger partial charge in [0.1, 0.15) is 0 Å². The summed E-state index contributed by atoms with van der Waals surface area (Å²) in [4.78, 5) is 16.2. The molecule has 1 aromatic carbocycles. The first kappa shape index (κ1) is 11.6. The average molecular weight is 229 g/mol. The lowest BCUT2D eigenvalue weighted by Gasteiger charge is -2.09. The van der Waals surface area contributed by atoms with E-state index in [1.807, 2.05) is 39.0 Å². The second kappa shape index (κ2) is 4.17. The van der Waals surface area contributed by atoms with Crippen LogP contribution in [0.15, 0.2) is 18.2 Å². The summed E-state index contributed by atoms with van der Waals surface area (Å²) in [5.41, 5.74) is 4.33. The zero-order valence-corrected chi connectivity index (χ0v) is 10.5. The number of fused-ring (bicyclic) bond motifs is 1. The first-order valence-electron chi connectivity index (χ1n) is 5.50. The Morgan fingerprint density at radius 1 is 1.18 bits per heavy atom. The molecule has 0 aliphatic rings. The number of methoxy groups -OCH3 is 1. The van der Waals surface area contributed by atoms with Gasteiger partial charge in [-0.15, -0.1) is 0 Å². The average Bonchev–Trinajstić information content (AvgIpc) is 2.28. The van der Waals surface area contributed by atoms with E-state index in [-0.39, 0.29) is 5.97 Å². The van der Waals surface area contributed by atoms with Crippen molar-refractivity contribution in [3.05, 3.63) is 40.6 Å². The maximum Gasteiger partial charge on any atom is 0.340 e. The van der Waals surface area contributed by atoms with E-state index in [0.29, 0.717) is 5.56 Å². The third-order valence-corrected chi connectivity index (χ3v) is 2.80. The second-order valence-electron chi connectivity index (χ2n) is 4.28. The smallest absolute Gasteiger partial charge is 0.340 e. The van der Waals surface area contributed by atoms with E-state index in [2.05, 4.69) is 4.98 Å². The Hall–Kier alpha value is -1.90. The number of nitrogens with zero attached hydrogens (tertiary/aromatic N) is 1. The minimum atomic E-state index is -0.337. The summed E-state index contributed by atoms with van der Waals surface area (Å²) >= 11 is 0. The standard InChI is InChI=1S/C14H15NO2/c1-8-5-11-9(2)7-10(3)15-13(11)12(6-8)14(16)17-4/h5-7H,1-4H3. The number of pyridine rings is 1. The van der Waals surface area contributed by atoms with E-state index in [0.717, 1.165) is 27.7 Å². The van der Waals surface area contributed by atoms with Crippen molar-refractivity contribution in [2.45, 2.75) is 20.8 Å². The summed E-state index contributed by atoms with van der Waals surface area (Å²) < 4.78 is 4.80. The molecule has 0 spiro atoms. The van der Waals surface area contributed by atoms with Crippen molar-refractivity contribution in [3.8, 4) is 0 Å². The fourth-order valence-corrected chi connectivity index (χ4v) is 2.07. The van der Waals surface area contributed by atoms with Gasteiger partial charge < -0.3 is 4.74 Å². The zero-order chi connectivity index (χ0) is 12.6. The van der Waals surface area contributed by atoms with E-state index in [1.165, 1.54) is 7.11 Å². The van der Waals surface area contributed by atoms with Crippen LogP contribution in [0.3, 0.4) is 0 Å². The first-order chi connectivity index (χ1) is 8.02. The molecule has 0 aliphatic heterocycles. The van der Waals surface area contributed by atoms with E-state index in [1.54, 1.807) is 0 Å². The van der Waals surface area contributed by atoms with Gasteiger partial charge in [-0.2, -0.15) is 0 Å². The van der Waals surface area contributed by atoms with Crippen LogP contribution in [0, 0.1) is 20.8 Å². The topological polar surface area (TPSA) is 39.2 Å². The zero-order valence-electron chi connectivity index (χ0n) is 10.5. The summed E-state index contributed by atoms with van der Waals surface area (Å²) in [6.45, 7) is 5.91. The highest BCUT2D eigenvalue weighted by molar-refractivity contribution is 6.03. The predicted octanol–water partition coefficient (Wildman–Crippen LogP) is 2.95. The van der Waals surface area contributed by atoms with Gasteiger partial charge in [0.25, 0.3) is 0 Å². The molecule has 0 saturated carbocycles. The monoisotopic (exact) mass is 229 g/mol. The lowest BCUT2D eigenvalue weighted by molar-refractivity contribution is 0.0602. The summed E-state index contributed by atoms with van der Waals surface area (Å²) in [6.07, 6.45) is 0. The van der Waals surface area contributed by atoms with Crippen LogP contribution in [0.4, 0.5) is 0 Å². The molecule has 0 amide bonds.